The maximum Gasteiger partial charge on any atom is 0.422 e. The van der Waals surface area contributed by atoms with E-state index in [0.29, 0.717) is 6.42 Å². The van der Waals surface area contributed by atoms with Crippen molar-refractivity contribution in [2.75, 3.05) is 6.54 Å². The maximum absolute atomic E-state index is 11.4. The van der Waals surface area contributed by atoms with Crippen molar-refractivity contribution < 1.29 is 23.1 Å². The first-order valence-corrected chi connectivity index (χ1v) is 6.76. The van der Waals surface area contributed by atoms with Crippen LogP contribution in [0.1, 0.15) is 34.1 Å². The van der Waals surface area contributed by atoms with Crippen molar-refractivity contribution in [3.8, 4) is 0 Å². The third-order valence-corrected chi connectivity index (χ3v) is 2.92. The van der Waals surface area contributed by atoms with Gasteiger partial charge >= 0.3 is 16.3 Å². The highest BCUT2D eigenvalue weighted by Crippen LogP contribution is 2.06. The number of rotatable bonds is 6. The Labute approximate surface area is 102 Å². The van der Waals surface area contributed by atoms with Crippen molar-refractivity contribution in [2.45, 2.75) is 45.8 Å². The van der Waals surface area contributed by atoms with Gasteiger partial charge in [0.05, 0.1) is 11.7 Å². The molecule has 7 nitrogen and oxygen atoms in total. The predicted molar refractivity (Wildman–Crippen MR) is 62.6 cm³/mol. The summed E-state index contributed by atoms with van der Waals surface area (Å²) in [4.78, 5) is 11.0. The molecule has 0 aromatic rings. The second-order valence-electron chi connectivity index (χ2n) is 4.23. The van der Waals surface area contributed by atoms with Gasteiger partial charge in [-0.15, -0.1) is 0 Å². The lowest BCUT2D eigenvalue weighted by Crippen LogP contribution is -2.47. The third kappa shape index (κ3) is 7.94. The second-order valence-corrected chi connectivity index (χ2v) is 5.73. The minimum absolute atomic E-state index is 0.187. The molecule has 0 aliphatic heterocycles. The van der Waals surface area contributed by atoms with Crippen molar-refractivity contribution in [1.82, 2.24) is 9.44 Å². The number of hydrogen-bond donors (Lipinski definition) is 3. The molecule has 1 unspecified atom stereocenters. The van der Waals surface area contributed by atoms with E-state index in [0.717, 1.165) is 0 Å². The minimum atomic E-state index is -4.00. The molecular weight excluding hydrogens is 248 g/mol. The van der Waals surface area contributed by atoms with Crippen molar-refractivity contribution in [2.24, 2.45) is 0 Å². The van der Waals surface area contributed by atoms with E-state index in [1.54, 1.807) is 25.5 Å². The Hall–Kier alpha value is -0.860. The lowest BCUT2D eigenvalue weighted by atomic mass is 10.1. The molecule has 0 rings (SSSR count). The molecule has 0 fully saturated rings. The van der Waals surface area contributed by atoms with Crippen LogP contribution >= 0.6 is 0 Å². The van der Waals surface area contributed by atoms with Crippen LogP contribution in [0.4, 0.5) is 4.79 Å². The number of hydrogen-bond acceptors (Lipinski definition) is 5. The van der Waals surface area contributed by atoms with Crippen molar-refractivity contribution >= 4 is 16.3 Å². The van der Waals surface area contributed by atoms with Gasteiger partial charge in [0.15, 0.2) is 0 Å². The summed E-state index contributed by atoms with van der Waals surface area (Å²) in [5.74, 6) is 0. The quantitative estimate of drug-likeness (QED) is 0.634. The standard InChI is InChI=1S/C9H20N2O5S/c1-5-9(4,13)6-10-17(14,15)11-8(12)16-7(2)3/h7,10,13H,5-6H2,1-4H3,(H,11,12). The maximum atomic E-state index is 11.4. The van der Waals surface area contributed by atoms with E-state index in [-0.39, 0.29) is 6.54 Å². The van der Waals surface area contributed by atoms with Crippen LogP contribution in [0.3, 0.4) is 0 Å². The summed E-state index contributed by atoms with van der Waals surface area (Å²) in [7, 11) is -4.00. The molecule has 0 saturated carbocycles. The van der Waals surface area contributed by atoms with E-state index < -0.39 is 28.0 Å². The number of nitrogens with one attached hydrogen (secondary N) is 2. The van der Waals surface area contributed by atoms with Crippen LogP contribution in [0.25, 0.3) is 0 Å². The predicted octanol–water partition coefficient (Wildman–Crippen LogP) is 0.116. The average Bonchev–Trinajstić information content (AvgIpc) is 2.13. The highest BCUT2D eigenvalue weighted by atomic mass is 32.2. The summed E-state index contributed by atoms with van der Waals surface area (Å²) >= 11 is 0. The first-order chi connectivity index (χ1) is 7.58. The summed E-state index contributed by atoms with van der Waals surface area (Å²) < 4.78 is 31.1. The Bertz CT molecular complexity index is 350. The first-order valence-electron chi connectivity index (χ1n) is 5.28. The fourth-order valence-corrected chi connectivity index (χ4v) is 1.60. The molecule has 0 aliphatic rings. The van der Waals surface area contributed by atoms with Gasteiger partial charge in [0.2, 0.25) is 0 Å². The van der Waals surface area contributed by atoms with Gasteiger partial charge in [-0.2, -0.15) is 13.1 Å². The fraction of sp³-hybridized carbons (Fsp3) is 0.889. The van der Waals surface area contributed by atoms with Crippen molar-refractivity contribution in [1.29, 1.82) is 0 Å². The molecule has 1 amide bonds. The van der Waals surface area contributed by atoms with Gasteiger partial charge in [0.25, 0.3) is 0 Å². The lowest BCUT2D eigenvalue weighted by molar-refractivity contribution is 0.0611. The van der Waals surface area contributed by atoms with Gasteiger partial charge in [0.1, 0.15) is 0 Å². The topological polar surface area (TPSA) is 105 Å². The summed E-state index contributed by atoms with van der Waals surface area (Å²) in [5.41, 5.74) is -1.16. The van der Waals surface area contributed by atoms with Gasteiger partial charge in [0, 0.05) is 6.54 Å². The highest BCUT2D eigenvalue weighted by Gasteiger charge is 2.22. The van der Waals surface area contributed by atoms with Gasteiger partial charge in [-0.1, -0.05) is 6.92 Å². The monoisotopic (exact) mass is 268 g/mol. The Kier molecular flexibility index (Phi) is 5.86. The van der Waals surface area contributed by atoms with Crippen LogP contribution in [-0.2, 0) is 14.9 Å². The zero-order valence-corrected chi connectivity index (χ0v) is 11.3. The molecule has 0 saturated heterocycles. The molecule has 0 spiro atoms. The average molecular weight is 268 g/mol. The van der Waals surface area contributed by atoms with E-state index in [2.05, 4.69) is 9.46 Å². The highest BCUT2D eigenvalue weighted by molar-refractivity contribution is 7.88. The number of carbonyl (C=O) groups excluding carboxylic acids is 1. The summed E-state index contributed by atoms with van der Waals surface area (Å²) in [6, 6.07) is 0. The summed E-state index contributed by atoms with van der Waals surface area (Å²) in [5, 5.41) is 9.60. The van der Waals surface area contributed by atoms with Crippen molar-refractivity contribution in [3.63, 3.8) is 0 Å². The molecule has 0 bridgehead atoms. The normalized spacial score (nSPS) is 15.4. The number of amides is 1. The molecule has 3 N–H and O–H groups in total. The van der Waals surface area contributed by atoms with Gasteiger partial charge in [-0.25, -0.2) is 9.52 Å². The fourth-order valence-electron chi connectivity index (χ4n) is 0.759. The summed E-state index contributed by atoms with van der Waals surface area (Å²) in [6.45, 7) is 6.22. The van der Waals surface area contributed by atoms with Crippen molar-refractivity contribution in [3.05, 3.63) is 0 Å². The number of carbonyl (C=O) groups is 1. The van der Waals surface area contributed by atoms with E-state index in [4.69, 9.17) is 0 Å². The van der Waals surface area contributed by atoms with Crippen LogP contribution in [0.5, 0.6) is 0 Å². The van der Waals surface area contributed by atoms with E-state index >= 15 is 0 Å². The Balaban J connectivity index is 4.27. The van der Waals surface area contributed by atoms with Crippen LogP contribution < -0.4 is 9.44 Å². The molecule has 17 heavy (non-hydrogen) atoms. The molecule has 0 heterocycles. The van der Waals surface area contributed by atoms with Crippen LogP contribution in [0.15, 0.2) is 0 Å². The molecule has 0 aliphatic carbocycles. The molecule has 0 aromatic heterocycles. The SMILES string of the molecule is CCC(C)(O)CNS(=O)(=O)NC(=O)OC(C)C. The van der Waals surface area contributed by atoms with Crippen LogP contribution in [-0.4, -0.2) is 37.9 Å². The minimum Gasteiger partial charge on any atom is -0.446 e. The smallest absolute Gasteiger partial charge is 0.422 e. The van der Waals surface area contributed by atoms with Gasteiger partial charge < -0.3 is 9.84 Å². The lowest BCUT2D eigenvalue weighted by Gasteiger charge is -2.21. The van der Waals surface area contributed by atoms with E-state index in [1.807, 2.05) is 0 Å². The zero-order chi connectivity index (χ0) is 13.7. The largest absolute Gasteiger partial charge is 0.446 e. The second kappa shape index (κ2) is 6.18. The third-order valence-electron chi connectivity index (χ3n) is 1.97. The van der Waals surface area contributed by atoms with Crippen LogP contribution in [0.2, 0.25) is 0 Å². The zero-order valence-electron chi connectivity index (χ0n) is 10.5. The Morgan fingerprint density at radius 2 is 2.00 bits per heavy atom. The molecule has 0 radical (unpaired) electrons. The van der Waals surface area contributed by atoms with E-state index in [9.17, 15) is 18.3 Å². The number of aliphatic hydroxyl groups is 1. The molecule has 0 aromatic carbocycles. The van der Waals surface area contributed by atoms with Gasteiger partial charge in [-0.3, -0.25) is 0 Å². The van der Waals surface area contributed by atoms with E-state index in [1.165, 1.54) is 6.92 Å². The number of ether oxygens (including phenoxy) is 1. The molecule has 8 heteroatoms. The first kappa shape index (κ1) is 16.1. The van der Waals surface area contributed by atoms with Gasteiger partial charge in [-0.05, 0) is 27.2 Å². The summed E-state index contributed by atoms with van der Waals surface area (Å²) in [6.07, 6.45) is -1.08. The van der Waals surface area contributed by atoms with Crippen LogP contribution in [0, 0.1) is 0 Å². The molecule has 102 valence electrons. The molecular formula is C9H20N2O5S. The Morgan fingerprint density at radius 1 is 1.47 bits per heavy atom. The Morgan fingerprint density at radius 3 is 2.41 bits per heavy atom. The molecule has 1 atom stereocenters.